The second-order valence-corrected chi connectivity index (χ2v) is 5.05. The van der Waals surface area contributed by atoms with Gasteiger partial charge in [-0.25, -0.2) is 4.79 Å². The van der Waals surface area contributed by atoms with Crippen molar-refractivity contribution in [1.29, 1.82) is 0 Å². The van der Waals surface area contributed by atoms with E-state index in [2.05, 4.69) is 0 Å². The number of hydrogen-bond donors (Lipinski definition) is 0. The maximum atomic E-state index is 11.9. The minimum atomic E-state index is -0.300. The van der Waals surface area contributed by atoms with Crippen molar-refractivity contribution >= 4 is 17.7 Å². The number of benzene rings is 2. The third kappa shape index (κ3) is 3.33. The van der Waals surface area contributed by atoms with Crippen LogP contribution in [0, 0.1) is 0 Å². The fraction of sp³-hybridized carbons (Fsp3) is 0.188. The van der Waals surface area contributed by atoms with E-state index in [1.807, 2.05) is 42.5 Å². The van der Waals surface area contributed by atoms with Crippen LogP contribution in [0.15, 0.2) is 58.3 Å². The Balaban J connectivity index is 2.32. The van der Waals surface area contributed by atoms with Crippen molar-refractivity contribution in [2.75, 3.05) is 13.7 Å². The molecule has 0 spiro atoms. The molecule has 0 bridgehead atoms. The third-order valence-corrected chi connectivity index (χ3v) is 3.80. The van der Waals surface area contributed by atoms with Crippen LogP contribution >= 0.6 is 11.8 Å². The molecule has 104 valence electrons. The number of rotatable bonds is 5. The summed E-state index contributed by atoms with van der Waals surface area (Å²) in [6.45, 7) is 2.17. The lowest BCUT2D eigenvalue weighted by Crippen LogP contribution is -2.05. The van der Waals surface area contributed by atoms with Crippen molar-refractivity contribution < 1.29 is 14.3 Å². The van der Waals surface area contributed by atoms with Crippen molar-refractivity contribution in [3.8, 4) is 5.75 Å². The zero-order valence-electron chi connectivity index (χ0n) is 11.5. The summed E-state index contributed by atoms with van der Waals surface area (Å²) in [5, 5.41) is 0. The van der Waals surface area contributed by atoms with Gasteiger partial charge in [0.15, 0.2) is 0 Å². The van der Waals surface area contributed by atoms with Crippen LogP contribution in [0.2, 0.25) is 0 Å². The topological polar surface area (TPSA) is 35.5 Å². The Hall–Kier alpha value is -1.94. The molecule has 0 heterocycles. The Bertz CT molecular complexity index is 596. The maximum Gasteiger partial charge on any atom is 0.339 e. The molecule has 0 radical (unpaired) electrons. The van der Waals surface area contributed by atoms with E-state index in [9.17, 15) is 4.79 Å². The molecule has 2 aromatic carbocycles. The molecule has 0 aliphatic carbocycles. The van der Waals surface area contributed by atoms with Crippen LogP contribution in [0.25, 0.3) is 0 Å². The number of carbonyl (C=O) groups is 1. The number of ether oxygens (including phenoxy) is 2. The highest BCUT2D eigenvalue weighted by Crippen LogP contribution is 2.36. The Labute approximate surface area is 122 Å². The number of esters is 1. The zero-order valence-corrected chi connectivity index (χ0v) is 12.3. The average molecular weight is 288 g/mol. The van der Waals surface area contributed by atoms with Crippen LogP contribution in [-0.2, 0) is 4.74 Å². The summed E-state index contributed by atoms with van der Waals surface area (Å²) in [6, 6.07) is 15.1. The fourth-order valence-electron chi connectivity index (χ4n) is 1.75. The Kier molecular flexibility index (Phi) is 5.07. The highest BCUT2D eigenvalue weighted by molar-refractivity contribution is 7.99. The Morgan fingerprint density at radius 2 is 1.70 bits per heavy atom. The lowest BCUT2D eigenvalue weighted by Gasteiger charge is -2.10. The fourth-order valence-corrected chi connectivity index (χ4v) is 2.80. The highest BCUT2D eigenvalue weighted by atomic mass is 32.2. The average Bonchev–Trinajstić information content (AvgIpc) is 2.48. The molecule has 0 saturated heterocycles. The first-order valence-corrected chi connectivity index (χ1v) is 7.15. The van der Waals surface area contributed by atoms with E-state index in [0.717, 1.165) is 15.5 Å². The van der Waals surface area contributed by atoms with Gasteiger partial charge >= 0.3 is 5.97 Å². The normalized spacial score (nSPS) is 10.1. The summed E-state index contributed by atoms with van der Waals surface area (Å²) in [7, 11) is 1.64. The molecule has 0 fully saturated rings. The van der Waals surface area contributed by atoms with Crippen LogP contribution in [0.3, 0.4) is 0 Å². The quantitative estimate of drug-likeness (QED) is 0.778. The van der Waals surface area contributed by atoms with Gasteiger partial charge in [0.2, 0.25) is 0 Å². The predicted molar refractivity (Wildman–Crippen MR) is 79.5 cm³/mol. The lowest BCUT2D eigenvalue weighted by atomic mass is 10.2. The molecule has 4 heteroatoms. The van der Waals surface area contributed by atoms with Crippen molar-refractivity contribution in [2.24, 2.45) is 0 Å². The molecule has 3 nitrogen and oxygen atoms in total. The number of carbonyl (C=O) groups excluding carboxylic acids is 1. The van der Waals surface area contributed by atoms with Crippen molar-refractivity contribution in [2.45, 2.75) is 16.7 Å². The van der Waals surface area contributed by atoms with Gasteiger partial charge < -0.3 is 9.47 Å². The van der Waals surface area contributed by atoms with Crippen LogP contribution in [0.5, 0.6) is 5.75 Å². The van der Waals surface area contributed by atoms with Gasteiger partial charge in [-0.3, -0.25) is 0 Å². The minimum absolute atomic E-state index is 0.300. The monoisotopic (exact) mass is 288 g/mol. The number of para-hydroxylation sites is 1. The second kappa shape index (κ2) is 7.01. The molecule has 2 aromatic rings. The van der Waals surface area contributed by atoms with Crippen molar-refractivity contribution in [3.63, 3.8) is 0 Å². The first kappa shape index (κ1) is 14.5. The minimum Gasteiger partial charge on any atom is -0.496 e. The smallest absolute Gasteiger partial charge is 0.339 e. The van der Waals surface area contributed by atoms with Gasteiger partial charge in [-0.1, -0.05) is 36.0 Å². The first-order valence-electron chi connectivity index (χ1n) is 6.33. The van der Waals surface area contributed by atoms with Gasteiger partial charge in [0.05, 0.1) is 24.2 Å². The van der Waals surface area contributed by atoms with Crippen molar-refractivity contribution in [1.82, 2.24) is 0 Å². The van der Waals surface area contributed by atoms with Gasteiger partial charge in [0, 0.05) is 4.90 Å². The van der Waals surface area contributed by atoms with Crippen molar-refractivity contribution in [3.05, 3.63) is 54.1 Å². The molecule has 0 atom stereocenters. The summed E-state index contributed by atoms with van der Waals surface area (Å²) in [5.74, 6) is 0.488. The summed E-state index contributed by atoms with van der Waals surface area (Å²) < 4.78 is 10.4. The van der Waals surface area contributed by atoms with Crippen LogP contribution < -0.4 is 4.74 Å². The molecule has 20 heavy (non-hydrogen) atoms. The SMILES string of the molecule is CCOC(=O)c1ccccc1Sc1ccccc1OC. The molecule has 0 aromatic heterocycles. The molecule has 0 aliphatic rings. The van der Waals surface area contributed by atoms with Gasteiger partial charge in [-0.05, 0) is 31.2 Å². The van der Waals surface area contributed by atoms with E-state index in [1.54, 1.807) is 20.1 Å². The van der Waals surface area contributed by atoms with E-state index in [4.69, 9.17) is 9.47 Å². The summed E-state index contributed by atoms with van der Waals surface area (Å²) in [4.78, 5) is 13.8. The van der Waals surface area contributed by atoms with Crippen LogP contribution in [-0.4, -0.2) is 19.7 Å². The third-order valence-electron chi connectivity index (χ3n) is 2.67. The summed E-state index contributed by atoms with van der Waals surface area (Å²) >= 11 is 1.49. The molecular formula is C16H16O3S. The largest absolute Gasteiger partial charge is 0.496 e. The summed E-state index contributed by atoms with van der Waals surface area (Å²) in [6.07, 6.45) is 0. The molecule has 2 rings (SSSR count). The Morgan fingerprint density at radius 3 is 2.40 bits per heavy atom. The van der Waals surface area contributed by atoms with E-state index >= 15 is 0 Å². The molecule has 0 saturated carbocycles. The predicted octanol–water partition coefficient (Wildman–Crippen LogP) is 4.02. The molecule has 0 aliphatic heterocycles. The van der Waals surface area contributed by atoms with E-state index in [0.29, 0.717) is 12.2 Å². The zero-order chi connectivity index (χ0) is 14.4. The van der Waals surface area contributed by atoms with Crippen LogP contribution in [0.4, 0.5) is 0 Å². The van der Waals surface area contributed by atoms with Gasteiger partial charge in [0.1, 0.15) is 5.75 Å². The van der Waals surface area contributed by atoms with Crippen LogP contribution in [0.1, 0.15) is 17.3 Å². The molecule has 0 amide bonds. The second-order valence-electron chi connectivity index (χ2n) is 3.97. The van der Waals surface area contributed by atoms with E-state index < -0.39 is 0 Å². The Morgan fingerprint density at radius 1 is 1.05 bits per heavy atom. The number of hydrogen-bond acceptors (Lipinski definition) is 4. The van der Waals surface area contributed by atoms with E-state index in [1.165, 1.54) is 11.8 Å². The molecular weight excluding hydrogens is 272 g/mol. The van der Waals surface area contributed by atoms with Gasteiger partial charge in [-0.2, -0.15) is 0 Å². The van der Waals surface area contributed by atoms with Gasteiger partial charge in [-0.15, -0.1) is 0 Å². The van der Waals surface area contributed by atoms with E-state index in [-0.39, 0.29) is 5.97 Å². The lowest BCUT2D eigenvalue weighted by molar-refractivity contribution is 0.0522. The first-order chi connectivity index (χ1) is 9.76. The van der Waals surface area contributed by atoms with Gasteiger partial charge in [0.25, 0.3) is 0 Å². The highest BCUT2D eigenvalue weighted by Gasteiger charge is 2.14. The maximum absolute atomic E-state index is 11.9. The molecule has 0 unspecified atom stereocenters. The molecule has 0 N–H and O–H groups in total. The summed E-state index contributed by atoms with van der Waals surface area (Å²) in [5.41, 5.74) is 0.574. The standard InChI is InChI=1S/C16H16O3S/c1-3-19-16(17)12-8-4-6-10-14(12)20-15-11-7-5-9-13(15)18-2/h4-11H,3H2,1-2H3. The number of methoxy groups -OCH3 is 1.